The first-order valence-electron chi connectivity index (χ1n) is 5.59. The average molecular weight is 224 g/mol. The molecule has 0 aliphatic heterocycles. The summed E-state index contributed by atoms with van der Waals surface area (Å²) in [5, 5.41) is 2.72. The topological polar surface area (TPSA) is 30.2 Å². The minimum atomic E-state index is 0.0277. The molecule has 0 unspecified atom stereocenters. The predicted octanol–water partition coefficient (Wildman–Crippen LogP) is 3.56. The molecule has 2 nitrogen and oxygen atoms in total. The molecule has 2 heteroatoms. The predicted molar refractivity (Wildman–Crippen MR) is 69.5 cm³/mol. The summed E-state index contributed by atoms with van der Waals surface area (Å²) >= 11 is 0. The van der Waals surface area contributed by atoms with Gasteiger partial charge in [-0.15, -0.1) is 0 Å². The Hall–Kier alpha value is -2.09. The summed E-state index contributed by atoms with van der Waals surface area (Å²) in [6, 6.07) is 11.5. The fourth-order valence-electron chi connectivity index (χ4n) is 2.21. The summed E-state index contributed by atoms with van der Waals surface area (Å²) in [6.07, 6.45) is 0. The van der Waals surface area contributed by atoms with Gasteiger partial charge in [-0.25, -0.2) is 0 Å². The SMILES string of the molecule is Cc1ccc2ccc3oc(C)cc(=O)c3c2c1. The molecule has 84 valence electrons. The third kappa shape index (κ3) is 1.53. The van der Waals surface area contributed by atoms with Crippen LogP contribution in [0, 0.1) is 13.8 Å². The van der Waals surface area contributed by atoms with Gasteiger partial charge in [0.15, 0.2) is 5.43 Å². The van der Waals surface area contributed by atoms with Gasteiger partial charge in [-0.2, -0.15) is 0 Å². The molecule has 0 aliphatic carbocycles. The minimum Gasteiger partial charge on any atom is -0.461 e. The zero-order chi connectivity index (χ0) is 12.0. The Kier molecular flexibility index (Phi) is 2.05. The molecule has 0 aliphatic rings. The van der Waals surface area contributed by atoms with E-state index in [1.807, 2.05) is 37.3 Å². The Morgan fingerprint density at radius 2 is 1.76 bits per heavy atom. The highest BCUT2D eigenvalue weighted by molar-refractivity contribution is 6.05. The molecular weight excluding hydrogens is 212 g/mol. The Morgan fingerprint density at radius 1 is 1.00 bits per heavy atom. The van der Waals surface area contributed by atoms with Crippen LogP contribution in [0.3, 0.4) is 0 Å². The maximum atomic E-state index is 12.1. The standard InChI is InChI=1S/C15H12O2/c1-9-3-4-11-5-6-14-15(12(11)7-9)13(16)8-10(2)17-14/h3-8H,1-2H3. The molecule has 0 fully saturated rings. The van der Waals surface area contributed by atoms with E-state index in [9.17, 15) is 4.79 Å². The van der Waals surface area contributed by atoms with Crippen molar-refractivity contribution < 1.29 is 4.42 Å². The maximum Gasteiger partial charge on any atom is 0.193 e. The summed E-state index contributed by atoms with van der Waals surface area (Å²) in [4.78, 5) is 12.1. The van der Waals surface area contributed by atoms with E-state index in [1.165, 1.54) is 0 Å². The second-order valence-corrected chi connectivity index (χ2v) is 4.38. The molecule has 17 heavy (non-hydrogen) atoms. The van der Waals surface area contributed by atoms with Crippen molar-refractivity contribution >= 4 is 21.7 Å². The quantitative estimate of drug-likeness (QED) is 0.546. The molecular formula is C15H12O2. The van der Waals surface area contributed by atoms with Crippen molar-refractivity contribution in [2.75, 3.05) is 0 Å². The Balaban J connectivity index is 2.63. The molecule has 2 aromatic carbocycles. The highest BCUT2D eigenvalue weighted by Crippen LogP contribution is 2.24. The number of fused-ring (bicyclic) bond motifs is 3. The number of aryl methyl sites for hydroxylation is 2. The van der Waals surface area contributed by atoms with Crippen molar-refractivity contribution in [3.63, 3.8) is 0 Å². The van der Waals surface area contributed by atoms with Gasteiger partial charge in [0.1, 0.15) is 11.3 Å². The molecule has 0 saturated heterocycles. The molecule has 0 saturated carbocycles. The van der Waals surface area contributed by atoms with Crippen LogP contribution in [0.4, 0.5) is 0 Å². The van der Waals surface area contributed by atoms with Gasteiger partial charge in [0.25, 0.3) is 0 Å². The zero-order valence-electron chi connectivity index (χ0n) is 9.78. The highest BCUT2D eigenvalue weighted by atomic mass is 16.3. The largest absolute Gasteiger partial charge is 0.461 e. The van der Waals surface area contributed by atoms with Crippen molar-refractivity contribution in [2.45, 2.75) is 13.8 Å². The van der Waals surface area contributed by atoms with Gasteiger partial charge >= 0.3 is 0 Å². The highest BCUT2D eigenvalue weighted by Gasteiger charge is 2.07. The maximum absolute atomic E-state index is 12.1. The lowest BCUT2D eigenvalue weighted by atomic mass is 10.0. The van der Waals surface area contributed by atoms with Crippen LogP contribution in [-0.4, -0.2) is 0 Å². The van der Waals surface area contributed by atoms with E-state index >= 15 is 0 Å². The van der Waals surface area contributed by atoms with E-state index in [0.717, 1.165) is 16.3 Å². The van der Waals surface area contributed by atoms with Gasteiger partial charge in [0.05, 0.1) is 5.39 Å². The number of rotatable bonds is 0. The first-order valence-corrected chi connectivity index (χ1v) is 5.59. The van der Waals surface area contributed by atoms with E-state index in [-0.39, 0.29) is 5.43 Å². The van der Waals surface area contributed by atoms with E-state index < -0.39 is 0 Å². The van der Waals surface area contributed by atoms with Crippen molar-refractivity contribution in [1.29, 1.82) is 0 Å². The second kappa shape index (κ2) is 3.45. The smallest absolute Gasteiger partial charge is 0.193 e. The molecule has 3 aromatic rings. The molecule has 0 amide bonds. The molecule has 0 bridgehead atoms. The lowest BCUT2D eigenvalue weighted by Crippen LogP contribution is -2.01. The number of hydrogen-bond acceptors (Lipinski definition) is 2. The van der Waals surface area contributed by atoms with E-state index in [4.69, 9.17) is 4.42 Å². The van der Waals surface area contributed by atoms with Gasteiger partial charge in [-0.05, 0) is 30.7 Å². The fraction of sp³-hybridized carbons (Fsp3) is 0.133. The van der Waals surface area contributed by atoms with Crippen molar-refractivity contribution in [3.05, 3.63) is 57.9 Å². The van der Waals surface area contributed by atoms with E-state index in [1.54, 1.807) is 13.0 Å². The van der Waals surface area contributed by atoms with Crippen molar-refractivity contribution in [1.82, 2.24) is 0 Å². The van der Waals surface area contributed by atoms with Crippen LogP contribution in [0.25, 0.3) is 21.7 Å². The van der Waals surface area contributed by atoms with Gasteiger partial charge < -0.3 is 4.42 Å². The van der Waals surface area contributed by atoms with Gasteiger partial charge in [0.2, 0.25) is 0 Å². The van der Waals surface area contributed by atoms with Gasteiger partial charge in [-0.3, -0.25) is 4.79 Å². The Bertz CT molecular complexity index is 782. The van der Waals surface area contributed by atoms with Crippen LogP contribution >= 0.6 is 0 Å². The van der Waals surface area contributed by atoms with Gasteiger partial charge in [-0.1, -0.05) is 29.8 Å². The number of benzene rings is 2. The molecule has 3 rings (SSSR count). The number of hydrogen-bond donors (Lipinski definition) is 0. The summed E-state index contributed by atoms with van der Waals surface area (Å²) in [5.41, 5.74) is 1.83. The molecule has 1 aromatic heterocycles. The zero-order valence-corrected chi connectivity index (χ0v) is 9.78. The first-order chi connectivity index (χ1) is 8.15. The van der Waals surface area contributed by atoms with E-state index in [2.05, 4.69) is 0 Å². The average Bonchev–Trinajstić information content (AvgIpc) is 2.27. The van der Waals surface area contributed by atoms with Crippen molar-refractivity contribution in [3.8, 4) is 0 Å². The van der Waals surface area contributed by atoms with Crippen LogP contribution in [-0.2, 0) is 0 Å². The molecule has 0 spiro atoms. The lowest BCUT2D eigenvalue weighted by molar-refractivity contribution is 0.565. The molecule has 0 atom stereocenters. The van der Waals surface area contributed by atoms with Crippen molar-refractivity contribution in [2.24, 2.45) is 0 Å². The summed E-state index contributed by atoms with van der Waals surface area (Å²) in [6.45, 7) is 3.81. The third-order valence-corrected chi connectivity index (χ3v) is 2.99. The third-order valence-electron chi connectivity index (χ3n) is 2.99. The molecule has 0 radical (unpaired) electrons. The van der Waals surface area contributed by atoms with Crippen LogP contribution in [0.1, 0.15) is 11.3 Å². The molecule has 1 heterocycles. The summed E-state index contributed by atoms with van der Waals surface area (Å²) in [5.74, 6) is 0.648. The minimum absolute atomic E-state index is 0.0277. The summed E-state index contributed by atoms with van der Waals surface area (Å²) in [7, 11) is 0. The van der Waals surface area contributed by atoms with Crippen LogP contribution < -0.4 is 5.43 Å². The fourth-order valence-corrected chi connectivity index (χ4v) is 2.21. The summed E-state index contributed by atoms with van der Waals surface area (Å²) < 4.78 is 5.59. The van der Waals surface area contributed by atoms with E-state index in [0.29, 0.717) is 16.7 Å². The monoisotopic (exact) mass is 224 g/mol. The normalized spacial score (nSPS) is 11.2. The van der Waals surface area contributed by atoms with Crippen LogP contribution in [0.2, 0.25) is 0 Å². The Morgan fingerprint density at radius 3 is 2.59 bits per heavy atom. The first kappa shape index (κ1) is 10.1. The Labute approximate surface area is 98.5 Å². The van der Waals surface area contributed by atoms with Crippen LogP contribution in [0.5, 0.6) is 0 Å². The molecule has 0 N–H and O–H groups in total. The van der Waals surface area contributed by atoms with Gasteiger partial charge in [0, 0.05) is 6.07 Å². The second-order valence-electron chi connectivity index (χ2n) is 4.38. The van der Waals surface area contributed by atoms with Crippen LogP contribution in [0.15, 0.2) is 45.6 Å². The lowest BCUT2D eigenvalue weighted by Gasteiger charge is -2.04.